The van der Waals surface area contributed by atoms with E-state index in [4.69, 9.17) is 9.10 Å². The van der Waals surface area contributed by atoms with Crippen LogP contribution in [0, 0.1) is 12.1 Å². The Balaban J connectivity index is 0.00000329. The molecule has 4 aromatic carbocycles. The molecule has 5 nitrogen and oxygen atoms in total. The Labute approximate surface area is 256 Å². The molecule has 0 bridgehead atoms. The molecule has 0 fully saturated rings. The molecule has 40 heavy (non-hydrogen) atoms. The summed E-state index contributed by atoms with van der Waals surface area (Å²) >= 11 is 1.55. The summed E-state index contributed by atoms with van der Waals surface area (Å²) in [7, 11) is 0. The number of rotatable bonds is 5. The van der Waals surface area contributed by atoms with Gasteiger partial charge >= 0.3 is 0 Å². The number of hydrogen-bond acceptors (Lipinski definition) is 4. The number of aromatic nitrogens is 2. The van der Waals surface area contributed by atoms with Crippen LogP contribution in [0.15, 0.2) is 107 Å². The third-order valence-corrected chi connectivity index (χ3v) is 7.86. The summed E-state index contributed by atoms with van der Waals surface area (Å²) in [5.41, 5.74) is 5.16. The molecule has 0 atom stereocenters. The molecule has 0 saturated carbocycles. The summed E-state index contributed by atoms with van der Waals surface area (Å²) in [6, 6.07) is 37.0. The van der Waals surface area contributed by atoms with Crippen LogP contribution < -0.4 is 10.1 Å². The van der Waals surface area contributed by atoms with Gasteiger partial charge in [0, 0.05) is 38.5 Å². The average Bonchev–Trinajstić information content (AvgIpc) is 3.54. The predicted octanol–water partition coefficient (Wildman–Crippen LogP) is 8.48. The number of fused-ring (bicyclic) bond motifs is 4. The van der Waals surface area contributed by atoms with Gasteiger partial charge in [-0.2, -0.15) is 29.2 Å². The summed E-state index contributed by atoms with van der Waals surface area (Å²) in [6.45, 7) is 1.97. The van der Waals surface area contributed by atoms with E-state index in [0.717, 1.165) is 42.5 Å². The van der Waals surface area contributed by atoms with Crippen molar-refractivity contribution in [2.75, 3.05) is 17.1 Å². The summed E-state index contributed by atoms with van der Waals surface area (Å²) in [4.78, 5) is 11.0. The molecular weight excluding hydrogens is 696 g/mol. The summed E-state index contributed by atoms with van der Waals surface area (Å²) in [6.07, 6.45) is 1.87. The zero-order valence-corrected chi connectivity index (χ0v) is 24.9. The van der Waals surface area contributed by atoms with Crippen LogP contribution in [0.5, 0.6) is 0 Å². The van der Waals surface area contributed by atoms with Gasteiger partial charge in [-0.15, -0.1) is 55.3 Å². The Morgan fingerprint density at radius 3 is 2.50 bits per heavy atom. The van der Waals surface area contributed by atoms with Crippen molar-refractivity contribution < 1.29 is 30.1 Å². The Morgan fingerprint density at radius 1 is 0.850 bits per heavy atom. The molecule has 7 rings (SSSR count). The largest absolute Gasteiger partial charge is 0.319 e. The van der Waals surface area contributed by atoms with Gasteiger partial charge in [-0.25, -0.2) is 4.98 Å². The van der Waals surface area contributed by atoms with Crippen LogP contribution >= 0.6 is 11.8 Å². The fourth-order valence-electron chi connectivity index (χ4n) is 5.01. The number of anilines is 3. The molecule has 0 radical (unpaired) electrons. The summed E-state index contributed by atoms with van der Waals surface area (Å²) in [5.74, 6) is 1.26. The minimum atomic E-state index is -2.40. The molecule has 1 aliphatic rings. The van der Waals surface area contributed by atoms with Gasteiger partial charge in [0.2, 0.25) is 0 Å². The maximum Gasteiger partial charge on any atom is 0.145 e. The second kappa shape index (κ2) is 10.8. The van der Waals surface area contributed by atoms with E-state index in [1.165, 1.54) is 5.56 Å². The van der Waals surface area contributed by atoms with E-state index in [9.17, 15) is 0 Å². The molecule has 0 spiro atoms. The van der Waals surface area contributed by atoms with E-state index in [2.05, 4.69) is 84.0 Å². The Bertz CT molecular complexity index is 1960. The van der Waals surface area contributed by atoms with Gasteiger partial charge in [0.05, 0.1) is 11.1 Å². The molecule has 202 valence electrons. The van der Waals surface area contributed by atoms with E-state index >= 15 is 0 Å². The third-order valence-electron chi connectivity index (χ3n) is 6.94. The van der Waals surface area contributed by atoms with E-state index in [1.54, 1.807) is 22.9 Å². The predicted molar refractivity (Wildman–Crippen MR) is 160 cm³/mol. The maximum atomic E-state index is 7.94. The number of benzene rings is 4. The SMILES string of the molecule is [2H]C([2H])([2H])N1[OH+]N(c2[c-]c(Sc3[c-]c4c(cc3)c3ccccc3n4-c3cc(C(C)C)ccn3)ccc2)c2ccccc21.[Pt]. The van der Waals surface area contributed by atoms with Gasteiger partial charge in [-0.3, -0.25) is 0 Å². The molecule has 0 amide bonds. The van der Waals surface area contributed by atoms with Crippen molar-refractivity contribution in [3.8, 4) is 5.82 Å². The first-order chi connectivity index (χ1) is 20.3. The quantitative estimate of drug-likeness (QED) is 0.132. The Hall–Kier alpha value is -3.57. The van der Waals surface area contributed by atoms with Crippen molar-refractivity contribution >= 4 is 50.6 Å². The Morgan fingerprint density at radius 2 is 1.65 bits per heavy atom. The van der Waals surface area contributed by atoms with Gasteiger partial charge in [-0.1, -0.05) is 49.7 Å². The van der Waals surface area contributed by atoms with E-state index in [-0.39, 0.29) is 21.1 Å². The van der Waals surface area contributed by atoms with E-state index < -0.39 is 6.98 Å². The van der Waals surface area contributed by atoms with Crippen LogP contribution in [-0.2, 0) is 21.1 Å². The topological polar surface area (TPSA) is 37.1 Å². The van der Waals surface area contributed by atoms with Crippen molar-refractivity contribution in [2.45, 2.75) is 29.6 Å². The van der Waals surface area contributed by atoms with Crippen LogP contribution in [0.25, 0.3) is 27.6 Å². The number of nitrogens with zero attached hydrogens (tertiary/aromatic N) is 4. The molecule has 0 unspecified atom stereocenters. The van der Waals surface area contributed by atoms with Crippen molar-refractivity contribution in [2.24, 2.45) is 0 Å². The molecule has 2 aromatic heterocycles. The van der Waals surface area contributed by atoms with Crippen molar-refractivity contribution in [1.82, 2.24) is 9.55 Å². The van der Waals surface area contributed by atoms with Crippen LogP contribution in [-0.4, -0.2) is 21.5 Å². The second-order valence-corrected chi connectivity index (χ2v) is 10.8. The van der Waals surface area contributed by atoms with Crippen molar-refractivity contribution in [3.63, 3.8) is 0 Å². The molecule has 1 aliphatic heterocycles. The van der Waals surface area contributed by atoms with Crippen LogP contribution in [0.4, 0.5) is 17.1 Å². The van der Waals surface area contributed by atoms with Crippen molar-refractivity contribution in [3.05, 3.63) is 115 Å². The molecule has 0 saturated heterocycles. The van der Waals surface area contributed by atoms with Crippen LogP contribution in [0.1, 0.15) is 29.4 Å². The number of pyridine rings is 1. The van der Waals surface area contributed by atoms with Gasteiger partial charge in [0.15, 0.2) is 0 Å². The minimum absolute atomic E-state index is 0. The fourth-order valence-corrected chi connectivity index (χ4v) is 5.83. The van der Waals surface area contributed by atoms with Gasteiger partial charge in [0.1, 0.15) is 17.2 Å². The van der Waals surface area contributed by atoms with Crippen LogP contribution in [0.3, 0.4) is 0 Å². The summed E-state index contributed by atoms with van der Waals surface area (Å²) < 4.78 is 26.0. The second-order valence-electron chi connectivity index (χ2n) is 9.74. The number of hydrogen-bond donors (Lipinski definition) is 0. The number of para-hydroxylation sites is 3. The molecule has 1 N–H and O–H groups in total. The molecule has 7 heteroatoms. The first kappa shape index (κ1) is 23.2. The van der Waals surface area contributed by atoms with Gasteiger partial charge < -0.3 is 4.57 Å². The van der Waals surface area contributed by atoms with E-state index in [0.29, 0.717) is 23.0 Å². The standard InChI is InChI=1S/C33H26N4OS.Pt/c1-22(2)23-17-18-34-33(19-23)36-29-12-5-4-11-27(29)28-16-15-26(21-32(28)36)39-25-10-8-9-24(20-25)37-31-14-7-6-13-30(31)35(3)38-37;/h4-19,22H,1-3H3;/q-2;/p+1/i3D3;. The normalized spacial score (nSPS) is 14.2. The minimum Gasteiger partial charge on any atom is -0.319 e. The van der Waals surface area contributed by atoms with Gasteiger partial charge in [-0.05, 0) is 47.2 Å². The summed E-state index contributed by atoms with van der Waals surface area (Å²) in [5, 5.41) is 4.98. The number of hydroxylamine groups is 1. The molecule has 6 aromatic rings. The molecule has 3 heterocycles. The average molecular weight is 726 g/mol. The smallest absolute Gasteiger partial charge is 0.145 e. The Kier molecular flexibility index (Phi) is 6.24. The maximum absolute atomic E-state index is 7.94. The zero-order valence-electron chi connectivity index (χ0n) is 24.8. The first-order valence-electron chi connectivity index (χ1n) is 14.3. The van der Waals surface area contributed by atoms with Crippen molar-refractivity contribution in [1.29, 1.82) is 0 Å². The fraction of sp³-hybridized carbons (Fsp3) is 0.121. The zero-order chi connectivity index (χ0) is 29.0. The third kappa shape index (κ3) is 4.60. The van der Waals surface area contributed by atoms with Crippen LogP contribution in [0.2, 0.25) is 0 Å². The monoisotopic (exact) mass is 725 g/mol. The molecular formula is C33H27N4OPtS-. The molecule has 0 aliphatic carbocycles. The van der Waals surface area contributed by atoms with Gasteiger partial charge in [0.25, 0.3) is 0 Å². The first-order valence-corrected chi connectivity index (χ1v) is 13.6. The van der Waals surface area contributed by atoms with E-state index in [1.807, 2.05) is 42.6 Å².